The molecule has 0 aliphatic rings. The van der Waals surface area contributed by atoms with Gasteiger partial charge in [0.2, 0.25) is 0 Å². The Hall–Kier alpha value is -1.62. The first-order valence-corrected chi connectivity index (χ1v) is 3.57. The fraction of sp³-hybridized carbons (Fsp3) is 0. The third-order valence-corrected chi connectivity index (χ3v) is 1.62. The number of carbonyl (C=O) groups excluding carboxylic acids is 1. The van der Waals surface area contributed by atoms with E-state index < -0.39 is 4.92 Å². The minimum atomic E-state index is -0.653. The van der Waals surface area contributed by atoms with Gasteiger partial charge in [0.05, 0.1) is 11.0 Å². The van der Waals surface area contributed by atoms with Gasteiger partial charge in [0.1, 0.15) is 10.8 Å². The van der Waals surface area contributed by atoms with Crippen LogP contribution in [0.1, 0.15) is 0 Å². The van der Waals surface area contributed by atoms with Gasteiger partial charge in [0.25, 0.3) is 12.2 Å². The van der Waals surface area contributed by atoms with Crippen molar-refractivity contribution >= 4 is 23.8 Å². The standard InChI is InChI=1S/C7H4ClNO4/c8-6-2-1-5(13-4-10)3-7(6)9(11)12/h1-4H. The van der Waals surface area contributed by atoms with Gasteiger partial charge in [-0.1, -0.05) is 11.6 Å². The largest absolute Gasteiger partial charge is 0.428 e. The predicted molar refractivity (Wildman–Crippen MR) is 44.8 cm³/mol. The molecule has 0 aliphatic carbocycles. The van der Waals surface area contributed by atoms with E-state index in [1.807, 2.05) is 0 Å². The van der Waals surface area contributed by atoms with Crippen molar-refractivity contribution in [1.29, 1.82) is 0 Å². The van der Waals surface area contributed by atoms with Crippen LogP contribution in [-0.4, -0.2) is 11.4 Å². The number of nitro benzene ring substituents is 1. The Bertz CT molecular complexity index is 352. The Balaban J connectivity index is 3.10. The number of nitro groups is 1. The average molecular weight is 202 g/mol. The van der Waals surface area contributed by atoms with Crippen molar-refractivity contribution in [3.63, 3.8) is 0 Å². The van der Waals surface area contributed by atoms with Gasteiger partial charge in [-0.25, -0.2) is 0 Å². The molecule has 0 bridgehead atoms. The lowest BCUT2D eigenvalue weighted by atomic mass is 10.3. The molecule has 0 aromatic heterocycles. The van der Waals surface area contributed by atoms with Crippen LogP contribution in [0.15, 0.2) is 18.2 Å². The summed E-state index contributed by atoms with van der Waals surface area (Å²) in [6.45, 7) is 0.187. The van der Waals surface area contributed by atoms with Gasteiger partial charge in [-0.3, -0.25) is 14.9 Å². The number of carbonyl (C=O) groups is 1. The predicted octanol–water partition coefficient (Wildman–Crippen LogP) is 1.78. The van der Waals surface area contributed by atoms with E-state index in [2.05, 4.69) is 4.74 Å². The summed E-state index contributed by atoms with van der Waals surface area (Å²) in [7, 11) is 0. The monoisotopic (exact) mass is 201 g/mol. The molecule has 6 heteroatoms. The van der Waals surface area contributed by atoms with Crippen LogP contribution < -0.4 is 4.74 Å². The highest BCUT2D eigenvalue weighted by atomic mass is 35.5. The second-order valence-electron chi connectivity index (χ2n) is 2.08. The molecule has 0 atom stereocenters. The van der Waals surface area contributed by atoms with Gasteiger partial charge in [0.15, 0.2) is 0 Å². The van der Waals surface area contributed by atoms with E-state index in [4.69, 9.17) is 11.6 Å². The molecule has 13 heavy (non-hydrogen) atoms. The molecule has 68 valence electrons. The quantitative estimate of drug-likeness (QED) is 0.425. The molecule has 1 aromatic carbocycles. The molecule has 0 heterocycles. The summed E-state index contributed by atoms with van der Waals surface area (Å²) in [5.41, 5.74) is -0.291. The Labute approximate surface area is 78.0 Å². The van der Waals surface area contributed by atoms with E-state index in [0.717, 1.165) is 6.07 Å². The summed E-state index contributed by atoms with van der Waals surface area (Å²) in [4.78, 5) is 19.6. The minimum Gasteiger partial charge on any atom is -0.428 e. The maximum atomic E-state index is 10.4. The fourth-order valence-corrected chi connectivity index (χ4v) is 0.948. The normalized spacial score (nSPS) is 9.31. The minimum absolute atomic E-state index is 0.00301. The highest BCUT2D eigenvalue weighted by Crippen LogP contribution is 2.28. The molecule has 0 saturated carbocycles. The number of ether oxygens (including phenoxy) is 1. The van der Waals surface area contributed by atoms with Crippen LogP contribution in [0.2, 0.25) is 5.02 Å². The maximum absolute atomic E-state index is 10.4. The Kier molecular flexibility index (Phi) is 2.81. The van der Waals surface area contributed by atoms with E-state index >= 15 is 0 Å². The first kappa shape index (κ1) is 9.47. The van der Waals surface area contributed by atoms with Gasteiger partial charge in [-0.2, -0.15) is 0 Å². The molecule has 0 N–H and O–H groups in total. The third-order valence-electron chi connectivity index (χ3n) is 1.30. The number of hydrogen-bond donors (Lipinski definition) is 0. The van der Waals surface area contributed by atoms with Gasteiger partial charge >= 0.3 is 0 Å². The first-order chi connectivity index (χ1) is 6.15. The topological polar surface area (TPSA) is 69.4 Å². The molecule has 0 aliphatic heterocycles. The van der Waals surface area contributed by atoms with E-state index in [9.17, 15) is 14.9 Å². The van der Waals surface area contributed by atoms with Gasteiger partial charge in [0, 0.05) is 0 Å². The van der Waals surface area contributed by atoms with Crippen molar-refractivity contribution < 1.29 is 14.5 Å². The van der Waals surface area contributed by atoms with Crippen molar-refractivity contribution in [3.05, 3.63) is 33.3 Å². The summed E-state index contributed by atoms with van der Waals surface area (Å²) in [6.07, 6.45) is 0. The SMILES string of the molecule is O=COc1ccc(Cl)c([N+](=O)[O-])c1. The van der Waals surface area contributed by atoms with Gasteiger partial charge in [-0.15, -0.1) is 0 Å². The van der Waals surface area contributed by atoms with Gasteiger partial charge in [-0.05, 0) is 12.1 Å². The molecule has 0 amide bonds. The van der Waals surface area contributed by atoms with Crippen molar-refractivity contribution in [2.75, 3.05) is 0 Å². The van der Waals surface area contributed by atoms with Crippen molar-refractivity contribution in [1.82, 2.24) is 0 Å². The fourth-order valence-electron chi connectivity index (χ4n) is 0.761. The lowest BCUT2D eigenvalue weighted by Crippen LogP contribution is -1.92. The highest BCUT2D eigenvalue weighted by Gasteiger charge is 2.12. The molecule has 5 nitrogen and oxygen atoms in total. The number of rotatable bonds is 3. The first-order valence-electron chi connectivity index (χ1n) is 3.19. The second-order valence-corrected chi connectivity index (χ2v) is 2.49. The van der Waals surface area contributed by atoms with Crippen LogP contribution >= 0.6 is 11.6 Å². The number of hydrogen-bond acceptors (Lipinski definition) is 4. The van der Waals surface area contributed by atoms with E-state index in [0.29, 0.717) is 0 Å². The Morgan fingerprint density at radius 1 is 1.54 bits per heavy atom. The number of benzene rings is 1. The van der Waals surface area contributed by atoms with E-state index in [1.165, 1.54) is 12.1 Å². The summed E-state index contributed by atoms with van der Waals surface area (Å²) in [5.74, 6) is 0.0890. The molecule has 0 fully saturated rings. The molecular formula is C7H4ClNO4. The Morgan fingerprint density at radius 3 is 2.77 bits per heavy atom. The zero-order valence-corrected chi connectivity index (χ0v) is 7.02. The highest BCUT2D eigenvalue weighted by molar-refractivity contribution is 6.32. The lowest BCUT2D eigenvalue weighted by molar-refractivity contribution is -0.384. The lowest BCUT2D eigenvalue weighted by Gasteiger charge is -1.98. The van der Waals surface area contributed by atoms with Crippen molar-refractivity contribution in [2.45, 2.75) is 0 Å². The van der Waals surface area contributed by atoms with Crippen LogP contribution in [0.5, 0.6) is 5.75 Å². The average Bonchev–Trinajstić information content (AvgIpc) is 2.08. The molecule has 1 aromatic rings. The summed E-state index contributed by atoms with van der Waals surface area (Å²) in [5, 5.41) is 10.4. The van der Waals surface area contributed by atoms with Crippen LogP contribution in [0, 0.1) is 10.1 Å². The van der Waals surface area contributed by atoms with Crippen molar-refractivity contribution in [2.24, 2.45) is 0 Å². The van der Waals surface area contributed by atoms with E-state index in [1.54, 1.807) is 0 Å². The molecule has 0 radical (unpaired) electrons. The zero-order valence-electron chi connectivity index (χ0n) is 6.27. The molecule has 0 saturated heterocycles. The molecular weight excluding hydrogens is 198 g/mol. The number of halogens is 1. The summed E-state index contributed by atoms with van der Waals surface area (Å²) >= 11 is 5.51. The maximum Gasteiger partial charge on any atom is 0.298 e. The molecule has 0 unspecified atom stereocenters. The zero-order chi connectivity index (χ0) is 9.84. The van der Waals surface area contributed by atoms with Gasteiger partial charge < -0.3 is 4.74 Å². The molecule has 1 rings (SSSR count). The van der Waals surface area contributed by atoms with Crippen LogP contribution in [0.4, 0.5) is 5.69 Å². The van der Waals surface area contributed by atoms with Crippen LogP contribution in [0.25, 0.3) is 0 Å². The van der Waals surface area contributed by atoms with Crippen LogP contribution in [-0.2, 0) is 4.79 Å². The second kappa shape index (κ2) is 3.86. The van der Waals surface area contributed by atoms with E-state index in [-0.39, 0.29) is 22.9 Å². The van der Waals surface area contributed by atoms with Crippen molar-refractivity contribution in [3.8, 4) is 5.75 Å². The summed E-state index contributed by atoms with van der Waals surface area (Å²) < 4.78 is 4.41. The smallest absolute Gasteiger partial charge is 0.298 e. The third kappa shape index (κ3) is 2.16. The molecule has 0 spiro atoms. The Morgan fingerprint density at radius 2 is 2.23 bits per heavy atom. The van der Waals surface area contributed by atoms with Crippen LogP contribution in [0.3, 0.4) is 0 Å². The summed E-state index contributed by atoms with van der Waals surface area (Å²) in [6, 6.07) is 3.74. The number of nitrogens with zero attached hydrogens (tertiary/aromatic N) is 1.